The minimum absolute atomic E-state index is 0.0744. The van der Waals surface area contributed by atoms with E-state index in [0.29, 0.717) is 36.0 Å². The second-order valence-corrected chi connectivity index (χ2v) is 8.39. The fraction of sp³-hybridized carbons (Fsp3) is 0.550. The van der Waals surface area contributed by atoms with Gasteiger partial charge >= 0.3 is 6.09 Å². The lowest BCUT2D eigenvalue weighted by molar-refractivity contribution is -0.131. The molecule has 1 aliphatic heterocycles. The molecule has 3 amide bonds. The molecule has 1 heterocycles. The Morgan fingerprint density at radius 3 is 2.39 bits per heavy atom. The fourth-order valence-corrected chi connectivity index (χ4v) is 3.22. The Morgan fingerprint density at radius 2 is 1.79 bits per heavy atom. The molecule has 8 heteroatoms. The van der Waals surface area contributed by atoms with Crippen molar-refractivity contribution in [2.75, 3.05) is 26.2 Å². The van der Waals surface area contributed by atoms with Gasteiger partial charge in [0.25, 0.3) is 5.91 Å². The molecule has 2 N–H and O–H groups in total. The topological polar surface area (TPSA) is 87.7 Å². The van der Waals surface area contributed by atoms with E-state index in [1.165, 1.54) is 0 Å². The number of benzene rings is 1. The van der Waals surface area contributed by atoms with Gasteiger partial charge in [0.15, 0.2) is 0 Å². The van der Waals surface area contributed by atoms with Crippen molar-refractivity contribution in [3.8, 4) is 0 Å². The minimum Gasteiger partial charge on any atom is -0.444 e. The number of rotatable bonds is 5. The third-order valence-corrected chi connectivity index (χ3v) is 4.84. The minimum atomic E-state index is -0.595. The van der Waals surface area contributed by atoms with Crippen molar-refractivity contribution >= 4 is 30.5 Å². The summed E-state index contributed by atoms with van der Waals surface area (Å²) in [5.41, 5.74) is -0.0321. The number of hydrogen-bond donors (Lipinski definition) is 3. The van der Waals surface area contributed by atoms with E-state index in [9.17, 15) is 14.4 Å². The van der Waals surface area contributed by atoms with Gasteiger partial charge in [-0.05, 0) is 51.7 Å². The van der Waals surface area contributed by atoms with Gasteiger partial charge in [-0.25, -0.2) is 4.79 Å². The number of amides is 3. The number of piperidine rings is 1. The van der Waals surface area contributed by atoms with Crippen molar-refractivity contribution in [2.45, 2.75) is 44.1 Å². The van der Waals surface area contributed by atoms with Gasteiger partial charge in [0.2, 0.25) is 5.91 Å². The average molecular weight is 408 g/mol. The average Bonchev–Trinajstić information content (AvgIpc) is 2.63. The molecule has 7 nitrogen and oxygen atoms in total. The first-order valence-corrected chi connectivity index (χ1v) is 9.91. The van der Waals surface area contributed by atoms with Gasteiger partial charge in [-0.1, -0.05) is 12.1 Å². The van der Waals surface area contributed by atoms with E-state index in [1.807, 2.05) is 12.1 Å². The van der Waals surface area contributed by atoms with Crippen LogP contribution < -0.4 is 10.6 Å². The van der Waals surface area contributed by atoms with Crippen LogP contribution in [0.4, 0.5) is 4.79 Å². The van der Waals surface area contributed by atoms with Crippen LogP contribution in [0.2, 0.25) is 0 Å². The monoisotopic (exact) mass is 407 g/mol. The van der Waals surface area contributed by atoms with Crippen LogP contribution in [0.15, 0.2) is 29.2 Å². The van der Waals surface area contributed by atoms with E-state index >= 15 is 0 Å². The molecular formula is C20H29N3O4S. The van der Waals surface area contributed by atoms with Crippen LogP contribution >= 0.6 is 12.6 Å². The lowest BCUT2D eigenvalue weighted by Gasteiger charge is -2.32. The number of nitrogens with one attached hydrogen (secondary N) is 2. The zero-order valence-corrected chi connectivity index (χ0v) is 17.6. The molecule has 154 valence electrons. The zero-order chi connectivity index (χ0) is 20.7. The van der Waals surface area contributed by atoms with Crippen molar-refractivity contribution in [3.63, 3.8) is 0 Å². The number of likely N-dealkylation sites (tertiary alicyclic amines) is 1. The Labute approximate surface area is 171 Å². The standard InChI is InChI=1S/C20H29N3O4S/c1-20(2,3)27-19(26)22-13-17(24)23-10-8-14(9-11-23)12-21-18(25)15-6-4-5-7-16(15)28/h4-7,14,28H,8-13H2,1-3H3,(H,21,25)(H,22,26). The zero-order valence-electron chi connectivity index (χ0n) is 16.7. The van der Waals surface area contributed by atoms with E-state index in [2.05, 4.69) is 23.3 Å². The van der Waals surface area contributed by atoms with Gasteiger partial charge < -0.3 is 20.3 Å². The van der Waals surface area contributed by atoms with Crippen LogP contribution in [-0.2, 0) is 9.53 Å². The van der Waals surface area contributed by atoms with Crippen molar-refractivity contribution in [2.24, 2.45) is 5.92 Å². The maximum absolute atomic E-state index is 12.3. The summed E-state index contributed by atoms with van der Waals surface area (Å²) in [5.74, 6) is 0.0573. The number of carbonyl (C=O) groups is 3. The summed E-state index contributed by atoms with van der Waals surface area (Å²) in [6.45, 7) is 7.03. The maximum atomic E-state index is 12.3. The Balaban J connectivity index is 1.69. The second-order valence-electron chi connectivity index (χ2n) is 7.91. The lowest BCUT2D eigenvalue weighted by Crippen LogP contribution is -2.46. The molecule has 28 heavy (non-hydrogen) atoms. The molecule has 2 rings (SSSR count). The summed E-state index contributed by atoms with van der Waals surface area (Å²) in [6, 6.07) is 7.18. The van der Waals surface area contributed by atoms with E-state index in [4.69, 9.17) is 4.74 Å². The second kappa shape index (κ2) is 9.82. The summed E-state index contributed by atoms with van der Waals surface area (Å²) in [7, 11) is 0. The highest BCUT2D eigenvalue weighted by atomic mass is 32.1. The van der Waals surface area contributed by atoms with Gasteiger partial charge in [-0.2, -0.15) is 0 Å². The quantitative estimate of drug-likeness (QED) is 0.655. The molecule has 0 spiro atoms. The van der Waals surface area contributed by atoms with Crippen LogP contribution in [0.25, 0.3) is 0 Å². The van der Waals surface area contributed by atoms with Gasteiger partial charge in [-0.15, -0.1) is 12.6 Å². The van der Waals surface area contributed by atoms with E-state index in [0.717, 1.165) is 12.8 Å². The van der Waals surface area contributed by atoms with Crippen LogP contribution in [0, 0.1) is 5.92 Å². The van der Waals surface area contributed by atoms with Crippen molar-refractivity contribution in [1.29, 1.82) is 0 Å². The first-order chi connectivity index (χ1) is 13.2. The molecule has 1 aliphatic rings. The first kappa shape index (κ1) is 22.1. The van der Waals surface area contributed by atoms with Crippen molar-refractivity contribution in [3.05, 3.63) is 29.8 Å². The van der Waals surface area contributed by atoms with Gasteiger partial charge in [0.1, 0.15) is 12.1 Å². The molecule has 1 fully saturated rings. The number of alkyl carbamates (subject to hydrolysis) is 1. The number of nitrogens with zero attached hydrogens (tertiary/aromatic N) is 1. The SMILES string of the molecule is CC(C)(C)OC(=O)NCC(=O)N1CCC(CNC(=O)c2ccccc2S)CC1. The molecule has 0 saturated carbocycles. The Kier molecular flexibility index (Phi) is 7.74. The Bertz CT molecular complexity index is 710. The third-order valence-electron chi connectivity index (χ3n) is 4.45. The van der Waals surface area contributed by atoms with E-state index in [1.54, 1.807) is 37.8 Å². The molecular weight excluding hydrogens is 378 g/mol. The fourth-order valence-electron chi connectivity index (χ4n) is 2.96. The highest BCUT2D eigenvalue weighted by Crippen LogP contribution is 2.17. The lowest BCUT2D eigenvalue weighted by atomic mass is 9.96. The summed E-state index contributed by atoms with van der Waals surface area (Å²) in [4.78, 5) is 38.5. The van der Waals surface area contributed by atoms with Crippen LogP contribution in [0.5, 0.6) is 0 Å². The van der Waals surface area contributed by atoms with Gasteiger partial charge in [0.05, 0.1) is 5.56 Å². The maximum Gasteiger partial charge on any atom is 0.408 e. The smallest absolute Gasteiger partial charge is 0.408 e. The van der Waals surface area contributed by atoms with Gasteiger partial charge in [0, 0.05) is 24.5 Å². The number of ether oxygens (including phenoxy) is 1. The van der Waals surface area contributed by atoms with Crippen molar-refractivity contribution < 1.29 is 19.1 Å². The summed E-state index contributed by atoms with van der Waals surface area (Å²) in [6.07, 6.45) is 1.02. The normalized spacial score (nSPS) is 15.1. The largest absolute Gasteiger partial charge is 0.444 e. The van der Waals surface area contributed by atoms with Crippen LogP contribution in [0.1, 0.15) is 44.0 Å². The van der Waals surface area contributed by atoms with Crippen LogP contribution in [-0.4, -0.2) is 54.6 Å². The molecule has 0 atom stereocenters. The summed E-state index contributed by atoms with van der Waals surface area (Å²) in [5, 5.41) is 5.44. The Hall–Kier alpha value is -2.22. The summed E-state index contributed by atoms with van der Waals surface area (Å²) < 4.78 is 5.13. The van der Waals surface area contributed by atoms with E-state index in [-0.39, 0.29) is 18.4 Å². The molecule has 0 bridgehead atoms. The number of hydrogen-bond acceptors (Lipinski definition) is 5. The highest BCUT2D eigenvalue weighted by Gasteiger charge is 2.24. The number of carbonyl (C=O) groups excluding carboxylic acids is 3. The molecule has 0 unspecified atom stereocenters. The van der Waals surface area contributed by atoms with Crippen LogP contribution in [0.3, 0.4) is 0 Å². The molecule has 1 aromatic carbocycles. The Morgan fingerprint density at radius 1 is 1.14 bits per heavy atom. The third kappa shape index (κ3) is 7.07. The predicted octanol–water partition coefficient (Wildman–Crippen LogP) is 2.47. The molecule has 0 radical (unpaired) electrons. The first-order valence-electron chi connectivity index (χ1n) is 9.46. The summed E-state index contributed by atoms with van der Waals surface area (Å²) >= 11 is 4.30. The molecule has 1 aromatic rings. The molecule has 1 saturated heterocycles. The van der Waals surface area contributed by atoms with Gasteiger partial charge in [-0.3, -0.25) is 9.59 Å². The van der Waals surface area contributed by atoms with Crippen molar-refractivity contribution in [1.82, 2.24) is 15.5 Å². The predicted molar refractivity (Wildman–Crippen MR) is 110 cm³/mol. The van der Waals surface area contributed by atoms with E-state index < -0.39 is 11.7 Å². The highest BCUT2D eigenvalue weighted by molar-refractivity contribution is 7.80. The number of thiol groups is 1. The molecule has 0 aromatic heterocycles. The molecule has 0 aliphatic carbocycles.